The molecule has 2 unspecified atom stereocenters. The third-order valence-electron chi connectivity index (χ3n) is 3.90. The zero-order valence-electron chi connectivity index (χ0n) is 13.4. The number of hydrogen-bond acceptors (Lipinski definition) is 4. The Labute approximate surface area is 148 Å². The van der Waals surface area contributed by atoms with Gasteiger partial charge >= 0.3 is 0 Å². The van der Waals surface area contributed by atoms with Crippen LogP contribution in [0.25, 0.3) is 0 Å². The van der Waals surface area contributed by atoms with Crippen LogP contribution in [0, 0.1) is 11.7 Å². The SMILES string of the molecule is CC1CNCCC1NC(=O)CCNS(=O)(=O)c1ccc(F)cc1.Cl. The zero-order chi connectivity index (χ0) is 16.9. The van der Waals surface area contributed by atoms with Crippen molar-refractivity contribution in [2.75, 3.05) is 19.6 Å². The van der Waals surface area contributed by atoms with E-state index in [2.05, 4.69) is 22.3 Å². The average Bonchev–Trinajstić information content (AvgIpc) is 2.50. The molecule has 1 aliphatic heterocycles. The summed E-state index contributed by atoms with van der Waals surface area (Å²) < 4.78 is 39.2. The Morgan fingerprint density at radius 1 is 1.33 bits per heavy atom. The number of carbonyl (C=O) groups excluding carboxylic acids is 1. The molecule has 0 bridgehead atoms. The van der Waals surface area contributed by atoms with Gasteiger partial charge in [-0.05, 0) is 49.7 Å². The normalized spacial score (nSPS) is 20.9. The first-order chi connectivity index (χ1) is 10.9. The van der Waals surface area contributed by atoms with Gasteiger partial charge in [0, 0.05) is 19.0 Å². The predicted octanol–water partition coefficient (Wildman–Crippen LogP) is 1.03. The lowest BCUT2D eigenvalue weighted by atomic mass is 9.95. The van der Waals surface area contributed by atoms with E-state index in [1.807, 2.05) is 0 Å². The lowest BCUT2D eigenvalue weighted by Crippen LogP contribution is -2.48. The van der Waals surface area contributed by atoms with Crippen LogP contribution in [-0.2, 0) is 14.8 Å². The van der Waals surface area contributed by atoms with Crippen molar-refractivity contribution in [1.82, 2.24) is 15.4 Å². The van der Waals surface area contributed by atoms with E-state index in [0.29, 0.717) is 5.92 Å². The van der Waals surface area contributed by atoms with Crippen molar-refractivity contribution in [2.45, 2.75) is 30.7 Å². The molecule has 0 aliphatic carbocycles. The van der Waals surface area contributed by atoms with Crippen LogP contribution in [0.2, 0.25) is 0 Å². The van der Waals surface area contributed by atoms with Crippen LogP contribution in [0.4, 0.5) is 4.39 Å². The van der Waals surface area contributed by atoms with Gasteiger partial charge in [-0.25, -0.2) is 17.5 Å². The van der Waals surface area contributed by atoms with Crippen LogP contribution in [0.15, 0.2) is 29.2 Å². The lowest BCUT2D eigenvalue weighted by molar-refractivity contribution is -0.122. The molecule has 1 aliphatic rings. The first-order valence-electron chi connectivity index (χ1n) is 7.64. The van der Waals surface area contributed by atoms with E-state index in [1.165, 1.54) is 12.1 Å². The summed E-state index contributed by atoms with van der Waals surface area (Å²) in [5.41, 5.74) is 0. The second kappa shape index (κ2) is 9.31. The Morgan fingerprint density at radius 3 is 2.62 bits per heavy atom. The van der Waals surface area contributed by atoms with E-state index in [1.54, 1.807) is 0 Å². The van der Waals surface area contributed by atoms with Crippen LogP contribution in [0.3, 0.4) is 0 Å². The maximum absolute atomic E-state index is 12.8. The topological polar surface area (TPSA) is 87.3 Å². The van der Waals surface area contributed by atoms with Crippen molar-refractivity contribution >= 4 is 28.3 Å². The van der Waals surface area contributed by atoms with E-state index in [0.717, 1.165) is 31.6 Å². The van der Waals surface area contributed by atoms with Gasteiger partial charge in [0.15, 0.2) is 0 Å². The molecule has 0 aromatic heterocycles. The van der Waals surface area contributed by atoms with Crippen LogP contribution in [-0.4, -0.2) is 40.0 Å². The summed E-state index contributed by atoms with van der Waals surface area (Å²) in [5.74, 6) is -0.325. The largest absolute Gasteiger partial charge is 0.353 e. The van der Waals surface area contributed by atoms with E-state index in [4.69, 9.17) is 0 Å². The van der Waals surface area contributed by atoms with Gasteiger partial charge in [0.25, 0.3) is 0 Å². The van der Waals surface area contributed by atoms with Crippen molar-refractivity contribution in [3.63, 3.8) is 0 Å². The summed E-state index contributed by atoms with van der Waals surface area (Å²) in [6.07, 6.45) is 0.936. The molecule has 24 heavy (non-hydrogen) atoms. The van der Waals surface area contributed by atoms with Crippen LogP contribution >= 0.6 is 12.4 Å². The number of halogens is 2. The molecule has 0 saturated carbocycles. The molecule has 1 aromatic carbocycles. The quantitative estimate of drug-likeness (QED) is 0.689. The van der Waals surface area contributed by atoms with Gasteiger partial charge in [-0.2, -0.15) is 0 Å². The van der Waals surface area contributed by atoms with E-state index in [-0.39, 0.29) is 42.2 Å². The van der Waals surface area contributed by atoms with E-state index in [9.17, 15) is 17.6 Å². The molecular formula is C15H23ClFN3O3S. The third-order valence-corrected chi connectivity index (χ3v) is 5.38. The molecule has 6 nitrogen and oxygen atoms in total. The summed E-state index contributed by atoms with van der Waals surface area (Å²) in [4.78, 5) is 11.9. The Balaban J connectivity index is 0.00000288. The molecule has 9 heteroatoms. The molecule has 2 rings (SSSR count). The number of nitrogens with one attached hydrogen (secondary N) is 3. The highest BCUT2D eigenvalue weighted by molar-refractivity contribution is 7.89. The average molecular weight is 380 g/mol. The summed E-state index contributed by atoms with van der Waals surface area (Å²) in [7, 11) is -3.72. The highest BCUT2D eigenvalue weighted by atomic mass is 35.5. The van der Waals surface area contributed by atoms with E-state index < -0.39 is 15.8 Å². The van der Waals surface area contributed by atoms with Crippen molar-refractivity contribution in [1.29, 1.82) is 0 Å². The maximum atomic E-state index is 12.8. The van der Waals surface area contributed by atoms with Crippen molar-refractivity contribution in [3.8, 4) is 0 Å². The van der Waals surface area contributed by atoms with Gasteiger partial charge in [0.2, 0.25) is 15.9 Å². The van der Waals surface area contributed by atoms with Gasteiger partial charge in [-0.3, -0.25) is 4.79 Å². The van der Waals surface area contributed by atoms with Gasteiger partial charge < -0.3 is 10.6 Å². The molecule has 3 N–H and O–H groups in total. The van der Waals surface area contributed by atoms with Gasteiger partial charge in [0.05, 0.1) is 4.90 Å². The zero-order valence-corrected chi connectivity index (χ0v) is 15.1. The number of piperidine rings is 1. The standard InChI is InChI=1S/C15H22FN3O3S.ClH/c1-11-10-17-8-6-14(11)19-15(20)7-9-18-23(21,22)13-4-2-12(16)3-5-13;/h2-5,11,14,17-18H,6-10H2,1H3,(H,19,20);1H. The first-order valence-corrected chi connectivity index (χ1v) is 9.12. The minimum atomic E-state index is -3.72. The predicted molar refractivity (Wildman–Crippen MR) is 92.0 cm³/mol. The Hall–Kier alpha value is -1.22. The second-order valence-corrected chi connectivity index (χ2v) is 7.51. The summed E-state index contributed by atoms with van der Waals surface area (Å²) >= 11 is 0. The number of sulfonamides is 1. The summed E-state index contributed by atoms with van der Waals surface area (Å²) in [5, 5.41) is 6.19. The number of carbonyl (C=O) groups is 1. The molecule has 0 radical (unpaired) electrons. The Morgan fingerprint density at radius 2 is 2.00 bits per heavy atom. The molecule has 1 aromatic rings. The fourth-order valence-corrected chi connectivity index (χ4v) is 3.54. The molecule has 1 fully saturated rings. The molecular weight excluding hydrogens is 357 g/mol. The summed E-state index contributed by atoms with van der Waals surface area (Å²) in [6.45, 7) is 3.80. The Kier molecular flexibility index (Phi) is 8.08. The maximum Gasteiger partial charge on any atom is 0.240 e. The highest BCUT2D eigenvalue weighted by Gasteiger charge is 2.22. The lowest BCUT2D eigenvalue weighted by Gasteiger charge is -2.30. The summed E-state index contributed by atoms with van der Waals surface area (Å²) in [6, 6.07) is 4.67. The van der Waals surface area contributed by atoms with Gasteiger partial charge in [-0.1, -0.05) is 6.92 Å². The van der Waals surface area contributed by atoms with Crippen molar-refractivity contribution in [3.05, 3.63) is 30.1 Å². The van der Waals surface area contributed by atoms with Crippen LogP contribution in [0.1, 0.15) is 19.8 Å². The molecule has 1 amide bonds. The minimum absolute atomic E-state index is 0. The molecule has 0 spiro atoms. The molecule has 2 atom stereocenters. The number of benzene rings is 1. The molecule has 136 valence electrons. The van der Waals surface area contributed by atoms with Crippen molar-refractivity contribution in [2.24, 2.45) is 5.92 Å². The molecule has 1 heterocycles. The van der Waals surface area contributed by atoms with Gasteiger partial charge in [-0.15, -0.1) is 12.4 Å². The van der Waals surface area contributed by atoms with Crippen LogP contribution in [0.5, 0.6) is 0 Å². The fraction of sp³-hybridized carbons (Fsp3) is 0.533. The second-order valence-electron chi connectivity index (χ2n) is 5.75. The van der Waals surface area contributed by atoms with Crippen LogP contribution < -0.4 is 15.4 Å². The Bertz CT molecular complexity index is 640. The fourth-order valence-electron chi connectivity index (χ4n) is 2.50. The minimum Gasteiger partial charge on any atom is -0.353 e. The van der Waals surface area contributed by atoms with Crippen molar-refractivity contribution < 1.29 is 17.6 Å². The number of amides is 1. The third kappa shape index (κ3) is 6.01. The number of hydrogen-bond donors (Lipinski definition) is 3. The monoisotopic (exact) mass is 379 g/mol. The smallest absolute Gasteiger partial charge is 0.240 e. The molecule has 1 saturated heterocycles. The van der Waals surface area contributed by atoms with Gasteiger partial charge in [0.1, 0.15) is 5.82 Å². The van der Waals surface area contributed by atoms with E-state index >= 15 is 0 Å². The number of rotatable bonds is 6. The highest BCUT2D eigenvalue weighted by Crippen LogP contribution is 2.11. The first kappa shape index (κ1) is 20.8.